The molecule has 0 aromatic heterocycles. The number of aliphatic hydroxyl groups is 1. The van der Waals surface area contributed by atoms with Crippen molar-refractivity contribution < 1.29 is 29.4 Å². The fraction of sp³-hybridized carbons (Fsp3) is 0.304. The van der Waals surface area contributed by atoms with Crippen LogP contribution in [0.25, 0.3) is 0 Å². The summed E-state index contributed by atoms with van der Waals surface area (Å²) in [6.07, 6.45) is 2.87. The number of benzene rings is 2. The number of ether oxygens (including phenoxy) is 2. The molecule has 0 radical (unpaired) electrons. The molecule has 172 valence electrons. The Morgan fingerprint density at radius 2 is 1.94 bits per heavy atom. The predicted molar refractivity (Wildman–Crippen MR) is 123 cm³/mol. The average Bonchev–Trinajstić information content (AvgIpc) is 2.80. The lowest BCUT2D eigenvalue weighted by molar-refractivity contribution is -0.124. The Bertz CT molecular complexity index is 904. The van der Waals surface area contributed by atoms with E-state index in [2.05, 4.69) is 21.2 Å². The van der Waals surface area contributed by atoms with Gasteiger partial charge in [0.2, 0.25) is 0 Å². The summed E-state index contributed by atoms with van der Waals surface area (Å²) >= 11 is 3.35. The standard InChI is InChI=1S/C23H27BrN2O6/c1-16(5-2-3-8-21(28)26-30)22(17-6-4-7-20(15-17)31-14-13-27)32-23(29)25-19-11-9-18(24)10-12-19/h3-4,6-12,15-16,22,27,30H,2,5,13-14H2,1H3,(H,25,29)(H,26,28)/b8-3+/t16-,22-/m0/s1. The smallest absolute Gasteiger partial charge is 0.412 e. The highest BCUT2D eigenvalue weighted by atomic mass is 79.9. The molecule has 2 atom stereocenters. The maximum absolute atomic E-state index is 12.6. The van der Waals surface area contributed by atoms with Gasteiger partial charge in [-0.15, -0.1) is 0 Å². The molecule has 0 aliphatic carbocycles. The minimum Gasteiger partial charge on any atom is -0.491 e. The van der Waals surface area contributed by atoms with E-state index in [-0.39, 0.29) is 19.1 Å². The lowest BCUT2D eigenvalue weighted by atomic mass is 9.93. The Balaban J connectivity index is 2.14. The van der Waals surface area contributed by atoms with Crippen LogP contribution >= 0.6 is 15.9 Å². The third kappa shape index (κ3) is 8.70. The maximum atomic E-state index is 12.6. The molecular weight excluding hydrogens is 480 g/mol. The van der Waals surface area contributed by atoms with Crippen LogP contribution in [0.2, 0.25) is 0 Å². The second kappa shape index (κ2) is 13.5. The van der Waals surface area contributed by atoms with Crippen molar-refractivity contribution in [2.75, 3.05) is 18.5 Å². The van der Waals surface area contributed by atoms with E-state index in [1.165, 1.54) is 11.6 Å². The molecule has 9 heteroatoms. The number of hydrogen-bond donors (Lipinski definition) is 4. The van der Waals surface area contributed by atoms with Crippen LogP contribution in [-0.4, -0.2) is 35.5 Å². The van der Waals surface area contributed by atoms with E-state index in [9.17, 15) is 9.59 Å². The zero-order valence-corrected chi connectivity index (χ0v) is 19.2. The summed E-state index contributed by atoms with van der Waals surface area (Å²) < 4.78 is 12.2. The minimum absolute atomic E-state index is 0.0967. The maximum Gasteiger partial charge on any atom is 0.412 e. The molecule has 0 bridgehead atoms. The van der Waals surface area contributed by atoms with Gasteiger partial charge < -0.3 is 14.6 Å². The van der Waals surface area contributed by atoms with Crippen LogP contribution in [0.15, 0.2) is 65.2 Å². The van der Waals surface area contributed by atoms with Crippen LogP contribution in [-0.2, 0) is 9.53 Å². The molecule has 2 rings (SSSR count). The van der Waals surface area contributed by atoms with Gasteiger partial charge >= 0.3 is 6.09 Å². The number of hydroxylamine groups is 1. The first-order chi connectivity index (χ1) is 15.4. The molecule has 2 aromatic rings. The predicted octanol–water partition coefficient (Wildman–Crippen LogP) is 4.59. The molecule has 0 aliphatic heterocycles. The number of anilines is 1. The first kappa shape index (κ1) is 25.4. The van der Waals surface area contributed by atoms with Crippen molar-refractivity contribution in [2.24, 2.45) is 5.92 Å². The molecule has 0 saturated heterocycles. The van der Waals surface area contributed by atoms with Gasteiger partial charge in [-0.2, -0.15) is 0 Å². The van der Waals surface area contributed by atoms with Crippen molar-refractivity contribution in [3.8, 4) is 5.75 Å². The van der Waals surface area contributed by atoms with E-state index >= 15 is 0 Å². The number of hydrogen-bond acceptors (Lipinski definition) is 6. The van der Waals surface area contributed by atoms with Gasteiger partial charge in [0.1, 0.15) is 18.5 Å². The summed E-state index contributed by atoms with van der Waals surface area (Å²) in [6.45, 7) is 2.00. The first-order valence-corrected chi connectivity index (χ1v) is 10.9. The fourth-order valence-corrected chi connectivity index (χ4v) is 3.26. The zero-order valence-electron chi connectivity index (χ0n) is 17.7. The molecule has 2 amide bonds. The number of allylic oxidation sites excluding steroid dienone is 1. The van der Waals surface area contributed by atoms with Gasteiger partial charge in [-0.1, -0.05) is 41.1 Å². The molecule has 0 unspecified atom stereocenters. The second-order valence-corrected chi connectivity index (χ2v) is 7.95. The Hall–Kier alpha value is -2.88. The lowest BCUT2D eigenvalue weighted by Crippen LogP contribution is -2.22. The number of aliphatic hydroxyl groups excluding tert-OH is 1. The van der Waals surface area contributed by atoms with Crippen molar-refractivity contribution >= 4 is 33.6 Å². The number of rotatable bonds is 11. The van der Waals surface area contributed by atoms with Crippen LogP contribution in [0.1, 0.15) is 31.4 Å². The first-order valence-electron chi connectivity index (χ1n) is 10.1. The van der Waals surface area contributed by atoms with E-state index in [0.717, 1.165) is 10.0 Å². The van der Waals surface area contributed by atoms with Crippen LogP contribution in [0.4, 0.5) is 10.5 Å². The normalized spacial score (nSPS) is 12.8. The van der Waals surface area contributed by atoms with Crippen molar-refractivity contribution in [1.82, 2.24) is 5.48 Å². The number of carbonyl (C=O) groups excluding carboxylic acids is 2. The quantitative estimate of drug-likeness (QED) is 0.201. The van der Waals surface area contributed by atoms with E-state index in [4.69, 9.17) is 19.8 Å². The second-order valence-electron chi connectivity index (χ2n) is 7.04. The zero-order chi connectivity index (χ0) is 23.3. The number of amides is 2. The van der Waals surface area contributed by atoms with E-state index in [1.54, 1.807) is 36.4 Å². The molecular formula is C23H27BrN2O6. The lowest BCUT2D eigenvalue weighted by Gasteiger charge is -2.25. The van der Waals surface area contributed by atoms with Gasteiger partial charge in [0, 0.05) is 16.2 Å². The van der Waals surface area contributed by atoms with Gasteiger partial charge in [-0.3, -0.25) is 15.3 Å². The summed E-state index contributed by atoms with van der Waals surface area (Å²) in [5, 5.41) is 20.3. The van der Waals surface area contributed by atoms with Crippen LogP contribution < -0.4 is 15.5 Å². The highest BCUT2D eigenvalue weighted by Gasteiger charge is 2.24. The summed E-state index contributed by atoms with van der Waals surface area (Å²) in [4.78, 5) is 23.7. The van der Waals surface area contributed by atoms with Crippen molar-refractivity contribution in [3.05, 3.63) is 70.7 Å². The largest absolute Gasteiger partial charge is 0.491 e. The summed E-state index contributed by atoms with van der Waals surface area (Å²) in [5.41, 5.74) is 2.89. The minimum atomic E-state index is -0.604. The van der Waals surface area contributed by atoms with Gasteiger partial charge in [-0.05, 0) is 60.7 Å². The monoisotopic (exact) mass is 506 g/mol. The van der Waals surface area contributed by atoms with Crippen LogP contribution in [0.5, 0.6) is 5.75 Å². The Morgan fingerprint density at radius 1 is 1.19 bits per heavy atom. The fourth-order valence-electron chi connectivity index (χ4n) is 2.99. The van der Waals surface area contributed by atoms with Crippen LogP contribution in [0, 0.1) is 5.92 Å². The summed E-state index contributed by atoms with van der Waals surface area (Å²) in [7, 11) is 0. The van der Waals surface area contributed by atoms with Gasteiger partial charge in [0.05, 0.1) is 6.61 Å². The Morgan fingerprint density at radius 3 is 2.62 bits per heavy atom. The van der Waals surface area contributed by atoms with Crippen LogP contribution in [0.3, 0.4) is 0 Å². The third-order valence-corrected chi connectivity index (χ3v) is 5.08. The molecule has 8 nitrogen and oxygen atoms in total. The van der Waals surface area contributed by atoms with Gasteiger partial charge in [0.15, 0.2) is 0 Å². The van der Waals surface area contributed by atoms with E-state index < -0.39 is 18.1 Å². The van der Waals surface area contributed by atoms with E-state index in [1.807, 2.05) is 25.1 Å². The number of halogens is 1. The van der Waals surface area contributed by atoms with E-state index in [0.29, 0.717) is 24.3 Å². The molecule has 0 heterocycles. The number of nitrogens with one attached hydrogen (secondary N) is 2. The Labute approximate surface area is 195 Å². The number of carbonyl (C=O) groups is 2. The molecule has 0 aliphatic rings. The average molecular weight is 507 g/mol. The topological polar surface area (TPSA) is 117 Å². The van der Waals surface area contributed by atoms with Gasteiger partial charge in [0.25, 0.3) is 5.91 Å². The van der Waals surface area contributed by atoms with Gasteiger partial charge in [-0.25, -0.2) is 10.3 Å². The Kier molecular flexibility index (Phi) is 10.7. The highest BCUT2D eigenvalue weighted by Crippen LogP contribution is 2.32. The molecule has 4 N–H and O–H groups in total. The molecule has 0 spiro atoms. The molecule has 2 aromatic carbocycles. The molecule has 0 saturated carbocycles. The van der Waals surface area contributed by atoms with Crippen molar-refractivity contribution in [2.45, 2.75) is 25.9 Å². The highest BCUT2D eigenvalue weighted by molar-refractivity contribution is 9.10. The van der Waals surface area contributed by atoms with Crippen molar-refractivity contribution in [3.63, 3.8) is 0 Å². The molecule has 0 fully saturated rings. The molecule has 32 heavy (non-hydrogen) atoms. The SMILES string of the molecule is C[C@@H](CC/C=C/C(=O)NO)[C@H](OC(=O)Nc1ccc(Br)cc1)c1cccc(OCCO)c1. The third-order valence-electron chi connectivity index (χ3n) is 4.56. The summed E-state index contributed by atoms with van der Waals surface area (Å²) in [5.74, 6) is -0.140. The van der Waals surface area contributed by atoms with Crippen molar-refractivity contribution in [1.29, 1.82) is 0 Å². The summed E-state index contributed by atoms with van der Waals surface area (Å²) in [6, 6.07) is 14.3.